The van der Waals surface area contributed by atoms with E-state index < -0.39 is 0 Å². The van der Waals surface area contributed by atoms with Gasteiger partial charge < -0.3 is 10.1 Å². The van der Waals surface area contributed by atoms with E-state index >= 15 is 0 Å². The van der Waals surface area contributed by atoms with Crippen molar-refractivity contribution >= 4 is 0 Å². The molecule has 2 aromatic rings. The van der Waals surface area contributed by atoms with E-state index in [4.69, 9.17) is 10.00 Å². The number of para-hydroxylation sites is 1. The lowest BCUT2D eigenvalue weighted by molar-refractivity contribution is 0.302. The first-order chi connectivity index (χ1) is 9.85. The monoisotopic (exact) mass is 266 g/mol. The fourth-order valence-corrected chi connectivity index (χ4v) is 1.96. The summed E-state index contributed by atoms with van der Waals surface area (Å²) in [6.45, 7) is 4.19. The van der Waals surface area contributed by atoms with Crippen LogP contribution in [-0.2, 0) is 13.2 Å². The second-order valence-electron chi connectivity index (χ2n) is 4.45. The van der Waals surface area contributed by atoms with Gasteiger partial charge >= 0.3 is 0 Å². The summed E-state index contributed by atoms with van der Waals surface area (Å²) in [6, 6.07) is 17.7. The Bertz CT molecular complexity index is 602. The Morgan fingerprint density at radius 2 is 1.75 bits per heavy atom. The first-order valence-corrected chi connectivity index (χ1v) is 6.74. The van der Waals surface area contributed by atoms with Gasteiger partial charge in [-0.05, 0) is 18.7 Å². The van der Waals surface area contributed by atoms with Crippen molar-refractivity contribution in [2.24, 2.45) is 0 Å². The molecule has 0 atom stereocenters. The van der Waals surface area contributed by atoms with Gasteiger partial charge in [0.05, 0.1) is 11.6 Å². The maximum absolute atomic E-state index is 9.07. The van der Waals surface area contributed by atoms with Crippen LogP contribution < -0.4 is 10.1 Å². The van der Waals surface area contributed by atoms with Gasteiger partial charge in [0.25, 0.3) is 0 Å². The van der Waals surface area contributed by atoms with E-state index in [9.17, 15) is 0 Å². The minimum atomic E-state index is 0.410. The molecule has 1 N–H and O–H groups in total. The highest BCUT2D eigenvalue weighted by atomic mass is 16.5. The van der Waals surface area contributed by atoms with Crippen molar-refractivity contribution in [1.29, 1.82) is 5.26 Å². The summed E-state index contributed by atoms with van der Waals surface area (Å²) in [6.07, 6.45) is 0. The molecule has 102 valence electrons. The molecule has 0 spiro atoms. The number of nitriles is 1. The van der Waals surface area contributed by atoms with Crippen LogP contribution in [0.25, 0.3) is 0 Å². The third kappa shape index (κ3) is 3.59. The molecule has 0 saturated heterocycles. The molecule has 0 bridgehead atoms. The molecule has 3 nitrogen and oxygen atoms in total. The highest BCUT2D eigenvalue weighted by molar-refractivity contribution is 5.38. The lowest BCUT2D eigenvalue weighted by Crippen LogP contribution is -2.12. The van der Waals surface area contributed by atoms with Crippen molar-refractivity contribution in [1.82, 2.24) is 5.32 Å². The van der Waals surface area contributed by atoms with Crippen LogP contribution in [0.3, 0.4) is 0 Å². The summed E-state index contributed by atoms with van der Waals surface area (Å²) < 4.78 is 5.87. The molecule has 0 fully saturated rings. The van der Waals surface area contributed by atoms with Crippen molar-refractivity contribution in [2.45, 2.75) is 20.1 Å². The Kier molecular flexibility index (Phi) is 5.16. The molecule has 0 amide bonds. The van der Waals surface area contributed by atoms with Gasteiger partial charge in [-0.2, -0.15) is 5.26 Å². The molecule has 0 unspecified atom stereocenters. The first kappa shape index (κ1) is 14.1. The Morgan fingerprint density at radius 1 is 1.05 bits per heavy atom. The van der Waals surface area contributed by atoms with Crippen LogP contribution in [0.15, 0.2) is 48.5 Å². The smallest absolute Gasteiger partial charge is 0.124 e. The number of ether oxygens (including phenoxy) is 1. The average molecular weight is 266 g/mol. The average Bonchev–Trinajstić information content (AvgIpc) is 2.52. The van der Waals surface area contributed by atoms with Crippen LogP contribution in [0.1, 0.15) is 23.6 Å². The molecular weight excluding hydrogens is 248 g/mol. The molecule has 0 aliphatic heterocycles. The summed E-state index contributed by atoms with van der Waals surface area (Å²) in [7, 11) is 0. The van der Waals surface area contributed by atoms with E-state index in [2.05, 4.69) is 18.3 Å². The number of benzene rings is 2. The highest BCUT2D eigenvalue weighted by Crippen LogP contribution is 2.20. The van der Waals surface area contributed by atoms with Crippen LogP contribution in [0, 0.1) is 11.3 Å². The Labute approximate surface area is 119 Å². The predicted molar refractivity (Wildman–Crippen MR) is 79.3 cm³/mol. The fourth-order valence-electron chi connectivity index (χ4n) is 1.96. The Hall–Kier alpha value is -2.31. The molecule has 3 heteroatoms. The van der Waals surface area contributed by atoms with Gasteiger partial charge in [0.2, 0.25) is 0 Å². The third-order valence-corrected chi connectivity index (χ3v) is 3.06. The van der Waals surface area contributed by atoms with E-state index in [1.54, 1.807) is 0 Å². The third-order valence-electron chi connectivity index (χ3n) is 3.06. The van der Waals surface area contributed by atoms with E-state index in [0.29, 0.717) is 12.2 Å². The highest BCUT2D eigenvalue weighted by Gasteiger charge is 2.05. The lowest BCUT2D eigenvalue weighted by Gasteiger charge is -2.12. The molecular formula is C17H18N2O. The number of nitrogens with zero attached hydrogens (tertiary/aromatic N) is 1. The van der Waals surface area contributed by atoms with Gasteiger partial charge in [-0.25, -0.2) is 0 Å². The molecule has 0 aliphatic carbocycles. The quantitative estimate of drug-likeness (QED) is 0.873. The van der Waals surface area contributed by atoms with Crippen molar-refractivity contribution in [3.8, 4) is 11.8 Å². The van der Waals surface area contributed by atoms with Gasteiger partial charge in [-0.3, -0.25) is 0 Å². The second-order valence-corrected chi connectivity index (χ2v) is 4.45. The second kappa shape index (κ2) is 7.32. The zero-order valence-electron chi connectivity index (χ0n) is 11.6. The van der Waals surface area contributed by atoms with E-state index in [1.807, 2.05) is 48.5 Å². The summed E-state index contributed by atoms with van der Waals surface area (Å²) in [5.41, 5.74) is 2.70. The molecule has 20 heavy (non-hydrogen) atoms. The SMILES string of the molecule is CCNCc1ccccc1OCc1ccccc1C#N. The first-order valence-electron chi connectivity index (χ1n) is 6.74. The van der Waals surface area contributed by atoms with E-state index in [-0.39, 0.29) is 0 Å². The maximum Gasteiger partial charge on any atom is 0.124 e. The topological polar surface area (TPSA) is 45.0 Å². The van der Waals surface area contributed by atoms with Gasteiger partial charge in [0.15, 0.2) is 0 Å². The number of nitrogens with one attached hydrogen (secondary N) is 1. The molecule has 0 heterocycles. The predicted octanol–water partition coefficient (Wildman–Crippen LogP) is 3.25. The molecule has 0 aromatic heterocycles. The molecule has 0 saturated carbocycles. The van der Waals surface area contributed by atoms with Crippen LogP contribution in [0.5, 0.6) is 5.75 Å². The van der Waals surface area contributed by atoms with Gasteiger partial charge in [-0.15, -0.1) is 0 Å². The lowest BCUT2D eigenvalue weighted by atomic mass is 10.1. The van der Waals surface area contributed by atoms with E-state index in [1.165, 1.54) is 0 Å². The standard InChI is InChI=1S/C17H18N2O/c1-2-19-12-15-8-5-6-10-17(15)20-13-16-9-4-3-7-14(16)11-18/h3-10,19H,2,12-13H2,1H3. The van der Waals surface area contributed by atoms with Crippen LogP contribution in [0.4, 0.5) is 0 Å². The van der Waals surface area contributed by atoms with Gasteiger partial charge in [-0.1, -0.05) is 43.3 Å². The zero-order valence-corrected chi connectivity index (χ0v) is 11.6. The van der Waals surface area contributed by atoms with E-state index in [0.717, 1.165) is 30.0 Å². The minimum absolute atomic E-state index is 0.410. The molecule has 0 radical (unpaired) electrons. The summed E-state index contributed by atoms with van der Waals surface area (Å²) >= 11 is 0. The van der Waals surface area contributed by atoms with Crippen molar-refractivity contribution < 1.29 is 4.74 Å². The van der Waals surface area contributed by atoms with Crippen molar-refractivity contribution in [3.63, 3.8) is 0 Å². The van der Waals surface area contributed by atoms with Crippen LogP contribution >= 0.6 is 0 Å². The molecule has 2 aromatic carbocycles. The van der Waals surface area contributed by atoms with Crippen LogP contribution in [0.2, 0.25) is 0 Å². The minimum Gasteiger partial charge on any atom is -0.489 e. The molecule has 0 aliphatic rings. The Morgan fingerprint density at radius 3 is 2.50 bits per heavy atom. The van der Waals surface area contributed by atoms with Crippen molar-refractivity contribution in [3.05, 3.63) is 65.2 Å². The largest absolute Gasteiger partial charge is 0.489 e. The number of hydrogen-bond donors (Lipinski definition) is 1. The number of rotatable bonds is 6. The summed E-state index contributed by atoms with van der Waals surface area (Å²) in [5, 5.41) is 12.4. The fraction of sp³-hybridized carbons (Fsp3) is 0.235. The Balaban J connectivity index is 2.09. The molecule has 2 rings (SSSR count). The summed E-state index contributed by atoms with van der Waals surface area (Å²) in [5.74, 6) is 0.862. The maximum atomic E-state index is 9.07. The summed E-state index contributed by atoms with van der Waals surface area (Å²) in [4.78, 5) is 0. The zero-order chi connectivity index (χ0) is 14.2. The normalized spacial score (nSPS) is 10.0. The number of hydrogen-bond acceptors (Lipinski definition) is 3. The van der Waals surface area contributed by atoms with Crippen molar-refractivity contribution in [2.75, 3.05) is 6.54 Å². The van der Waals surface area contributed by atoms with Gasteiger partial charge in [0.1, 0.15) is 12.4 Å². The van der Waals surface area contributed by atoms with Gasteiger partial charge in [0, 0.05) is 17.7 Å². The van der Waals surface area contributed by atoms with Crippen LogP contribution in [-0.4, -0.2) is 6.54 Å².